The summed E-state index contributed by atoms with van der Waals surface area (Å²) in [5.74, 6) is 0.884. The molecule has 0 saturated carbocycles. The summed E-state index contributed by atoms with van der Waals surface area (Å²) in [6.45, 7) is 0. The van der Waals surface area contributed by atoms with Crippen molar-refractivity contribution in [3.63, 3.8) is 0 Å². The van der Waals surface area contributed by atoms with Gasteiger partial charge in [-0.05, 0) is 24.3 Å². The van der Waals surface area contributed by atoms with Crippen LogP contribution in [0.15, 0.2) is 77.2 Å². The molecule has 0 radical (unpaired) electrons. The van der Waals surface area contributed by atoms with Crippen LogP contribution in [0.1, 0.15) is 16.1 Å². The highest BCUT2D eigenvalue weighted by atomic mass is 16.6. The van der Waals surface area contributed by atoms with E-state index in [-0.39, 0.29) is 11.5 Å². The molecular weight excluding hydrogens is 306 g/mol. The lowest BCUT2D eigenvalue weighted by atomic mass is 10.1. The third-order valence-corrected chi connectivity index (χ3v) is 3.43. The number of hydrogen-bond acceptors (Lipinski definition) is 4. The summed E-state index contributed by atoms with van der Waals surface area (Å²) in [5, 5.41) is 10.8. The number of furan rings is 1. The first-order valence-electron chi connectivity index (χ1n) is 7.25. The van der Waals surface area contributed by atoms with E-state index in [4.69, 9.17) is 4.42 Å². The maximum atomic E-state index is 12.0. The molecule has 2 aromatic carbocycles. The lowest BCUT2D eigenvalue weighted by molar-refractivity contribution is -0.384. The molecule has 1 heterocycles. The minimum atomic E-state index is -0.453. The molecule has 24 heavy (non-hydrogen) atoms. The molecule has 0 bridgehead atoms. The van der Waals surface area contributed by atoms with Gasteiger partial charge in [0.15, 0.2) is 5.78 Å². The van der Waals surface area contributed by atoms with Crippen LogP contribution in [0.5, 0.6) is 0 Å². The van der Waals surface area contributed by atoms with E-state index in [2.05, 4.69) is 0 Å². The molecule has 0 N–H and O–H groups in total. The third-order valence-electron chi connectivity index (χ3n) is 3.43. The number of rotatable bonds is 5. The number of carbonyl (C=O) groups is 1. The topological polar surface area (TPSA) is 73.3 Å². The molecule has 5 nitrogen and oxygen atoms in total. The minimum absolute atomic E-state index is 0.000229. The smallest absolute Gasteiger partial charge is 0.270 e. The second-order valence-electron chi connectivity index (χ2n) is 5.07. The summed E-state index contributed by atoms with van der Waals surface area (Å²) in [4.78, 5) is 22.4. The van der Waals surface area contributed by atoms with Gasteiger partial charge < -0.3 is 4.42 Å². The molecule has 0 atom stereocenters. The van der Waals surface area contributed by atoms with Crippen LogP contribution in [0.25, 0.3) is 17.4 Å². The zero-order chi connectivity index (χ0) is 16.9. The van der Waals surface area contributed by atoms with Gasteiger partial charge in [0.05, 0.1) is 4.92 Å². The molecule has 3 aromatic rings. The van der Waals surface area contributed by atoms with E-state index < -0.39 is 4.92 Å². The van der Waals surface area contributed by atoms with Crippen LogP contribution in [0.4, 0.5) is 5.69 Å². The summed E-state index contributed by atoms with van der Waals surface area (Å²) in [6, 6.07) is 18.6. The lowest BCUT2D eigenvalue weighted by Gasteiger charge is -1.97. The van der Waals surface area contributed by atoms with E-state index in [0.717, 1.165) is 0 Å². The number of nitro groups is 1. The molecular formula is C19H13NO4. The number of allylic oxidation sites excluding steroid dienone is 1. The van der Waals surface area contributed by atoms with Crippen molar-refractivity contribution < 1.29 is 14.1 Å². The Kier molecular flexibility index (Phi) is 4.34. The van der Waals surface area contributed by atoms with E-state index in [1.165, 1.54) is 18.2 Å². The van der Waals surface area contributed by atoms with E-state index in [0.29, 0.717) is 22.6 Å². The van der Waals surface area contributed by atoms with Gasteiger partial charge in [0.1, 0.15) is 11.5 Å². The van der Waals surface area contributed by atoms with Crippen LogP contribution in [-0.4, -0.2) is 10.7 Å². The van der Waals surface area contributed by atoms with Crippen molar-refractivity contribution in [2.75, 3.05) is 0 Å². The van der Waals surface area contributed by atoms with Crippen molar-refractivity contribution in [2.45, 2.75) is 0 Å². The zero-order valence-electron chi connectivity index (χ0n) is 12.6. The van der Waals surface area contributed by atoms with E-state index in [9.17, 15) is 14.9 Å². The highest BCUT2D eigenvalue weighted by Crippen LogP contribution is 2.26. The van der Waals surface area contributed by atoms with Crippen LogP contribution in [0.2, 0.25) is 0 Å². The summed E-state index contributed by atoms with van der Waals surface area (Å²) in [7, 11) is 0. The maximum absolute atomic E-state index is 12.0. The fraction of sp³-hybridized carbons (Fsp3) is 0. The normalized spacial score (nSPS) is 10.8. The van der Waals surface area contributed by atoms with Gasteiger partial charge in [-0.2, -0.15) is 0 Å². The summed E-state index contributed by atoms with van der Waals surface area (Å²) in [6.07, 6.45) is 3.02. The third kappa shape index (κ3) is 3.47. The first-order valence-corrected chi connectivity index (χ1v) is 7.25. The van der Waals surface area contributed by atoms with Crippen molar-refractivity contribution >= 4 is 17.5 Å². The van der Waals surface area contributed by atoms with Gasteiger partial charge in [-0.1, -0.05) is 42.5 Å². The van der Waals surface area contributed by atoms with Crippen LogP contribution in [0.3, 0.4) is 0 Å². The first-order chi connectivity index (χ1) is 11.6. The number of hydrogen-bond donors (Lipinski definition) is 0. The second-order valence-corrected chi connectivity index (χ2v) is 5.07. The quantitative estimate of drug-likeness (QED) is 0.294. The van der Waals surface area contributed by atoms with Crippen molar-refractivity contribution in [1.29, 1.82) is 0 Å². The minimum Gasteiger partial charge on any atom is -0.457 e. The number of ketones is 1. The molecule has 118 valence electrons. The monoisotopic (exact) mass is 319 g/mol. The fourth-order valence-electron chi connectivity index (χ4n) is 2.23. The van der Waals surface area contributed by atoms with Gasteiger partial charge in [0.2, 0.25) is 0 Å². The van der Waals surface area contributed by atoms with Gasteiger partial charge in [-0.3, -0.25) is 14.9 Å². The number of non-ortho nitro benzene ring substituents is 1. The Labute approximate surface area is 138 Å². The number of benzene rings is 2. The van der Waals surface area contributed by atoms with Crippen LogP contribution < -0.4 is 0 Å². The first kappa shape index (κ1) is 15.4. The number of nitro benzene ring substituents is 1. The molecule has 0 spiro atoms. The second kappa shape index (κ2) is 6.75. The molecule has 1 aromatic heterocycles. The Morgan fingerprint density at radius 2 is 1.79 bits per heavy atom. The number of carbonyl (C=O) groups excluding carboxylic acids is 1. The highest BCUT2D eigenvalue weighted by Gasteiger charge is 2.09. The zero-order valence-corrected chi connectivity index (χ0v) is 12.6. The molecule has 0 aliphatic heterocycles. The summed E-state index contributed by atoms with van der Waals surface area (Å²) < 4.78 is 5.63. The Morgan fingerprint density at radius 3 is 2.54 bits per heavy atom. The Morgan fingerprint density at radius 1 is 1.00 bits per heavy atom. The van der Waals surface area contributed by atoms with Crippen LogP contribution in [-0.2, 0) is 0 Å². The van der Waals surface area contributed by atoms with E-state index in [1.807, 2.05) is 6.07 Å². The largest absolute Gasteiger partial charge is 0.457 e. The average Bonchev–Trinajstić information content (AvgIpc) is 3.09. The Balaban J connectivity index is 1.79. The predicted molar refractivity (Wildman–Crippen MR) is 90.6 cm³/mol. The average molecular weight is 319 g/mol. The molecule has 5 heteroatoms. The SMILES string of the molecule is O=C(C=Cc1ccc(-c2cccc([N+](=O)[O-])c2)o1)c1ccccc1. The van der Waals surface area contributed by atoms with Gasteiger partial charge in [-0.25, -0.2) is 0 Å². The number of nitrogens with zero attached hydrogens (tertiary/aromatic N) is 1. The Bertz CT molecular complexity index is 910. The molecule has 0 amide bonds. The van der Waals surface area contributed by atoms with E-state index in [1.54, 1.807) is 54.6 Å². The maximum Gasteiger partial charge on any atom is 0.270 e. The van der Waals surface area contributed by atoms with Gasteiger partial charge in [-0.15, -0.1) is 0 Å². The molecule has 0 aliphatic rings. The van der Waals surface area contributed by atoms with E-state index >= 15 is 0 Å². The highest BCUT2D eigenvalue weighted by molar-refractivity contribution is 6.06. The van der Waals surface area contributed by atoms with Crippen LogP contribution >= 0.6 is 0 Å². The fourth-order valence-corrected chi connectivity index (χ4v) is 2.23. The Hall–Kier alpha value is -3.47. The predicted octanol–water partition coefficient (Wildman–Crippen LogP) is 4.75. The lowest BCUT2D eigenvalue weighted by Crippen LogP contribution is -1.92. The van der Waals surface area contributed by atoms with Crippen molar-refractivity contribution in [3.8, 4) is 11.3 Å². The van der Waals surface area contributed by atoms with Crippen molar-refractivity contribution in [1.82, 2.24) is 0 Å². The molecule has 0 saturated heterocycles. The van der Waals surface area contributed by atoms with Crippen molar-refractivity contribution in [3.05, 3.63) is 94.2 Å². The molecule has 0 fully saturated rings. The molecule has 3 rings (SSSR count). The summed E-state index contributed by atoms with van der Waals surface area (Å²) >= 11 is 0. The van der Waals surface area contributed by atoms with Gasteiger partial charge in [0.25, 0.3) is 5.69 Å². The van der Waals surface area contributed by atoms with Gasteiger partial charge >= 0.3 is 0 Å². The molecule has 0 unspecified atom stereocenters. The standard InChI is InChI=1S/C19H13NO4/c21-18(14-5-2-1-3-6-14)11-9-17-10-12-19(24-17)15-7-4-8-16(13-15)20(22)23/h1-13H. The van der Waals surface area contributed by atoms with Crippen molar-refractivity contribution in [2.24, 2.45) is 0 Å². The van der Waals surface area contributed by atoms with Crippen LogP contribution in [0, 0.1) is 10.1 Å². The van der Waals surface area contributed by atoms with Gasteiger partial charge in [0, 0.05) is 23.3 Å². The summed E-state index contributed by atoms with van der Waals surface area (Å²) in [5.41, 5.74) is 1.21. The molecule has 0 aliphatic carbocycles.